The number of hydrogen-bond acceptors (Lipinski definition) is 2. The first-order valence-electron chi connectivity index (χ1n) is 9.11. The van der Waals surface area contributed by atoms with Gasteiger partial charge >= 0.3 is 6.03 Å². The quantitative estimate of drug-likeness (QED) is 0.881. The number of nitrogens with zero attached hydrogens (tertiary/aromatic N) is 2. The van der Waals surface area contributed by atoms with Crippen molar-refractivity contribution in [1.29, 1.82) is 0 Å². The standard InChI is InChI=1S/C19H32N4O2/c1-14-11-16(15(2)21-14)12-17(24)22-7-6-8-23(10-9-22)18(25)20-13-19(3,4)5/h11,21H,6-10,12-13H2,1-5H3,(H,20,25). The molecule has 140 valence electrons. The summed E-state index contributed by atoms with van der Waals surface area (Å²) in [7, 11) is 0. The van der Waals surface area contributed by atoms with Crippen LogP contribution < -0.4 is 5.32 Å². The molecule has 6 heteroatoms. The summed E-state index contributed by atoms with van der Waals surface area (Å²) >= 11 is 0. The Morgan fingerprint density at radius 3 is 2.36 bits per heavy atom. The molecule has 1 saturated heterocycles. The Bertz CT molecular complexity index is 615. The number of rotatable bonds is 3. The maximum atomic E-state index is 12.6. The highest BCUT2D eigenvalue weighted by Gasteiger charge is 2.23. The van der Waals surface area contributed by atoms with Gasteiger partial charge in [-0.15, -0.1) is 0 Å². The molecule has 0 bridgehead atoms. The predicted octanol–water partition coefficient (Wildman–Crippen LogP) is 2.46. The topological polar surface area (TPSA) is 68.4 Å². The number of H-pyrrole nitrogens is 1. The fraction of sp³-hybridized carbons (Fsp3) is 0.684. The average molecular weight is 348 g/mol. The van der Waals surface area contributed by atoms with E-state index in [0.29, 0.717) is 39.1 Å². The Hall–Kier alpha value is -1.98. The number of hydrogen-bond donors (Lipinski definition) is 2. The molecule has 0 saturated carbocycles. The largest absolute Gasteiger partial charge is 0.362 e. The first-order chi connectivity index (χ1) is 11.7. The van der Waals surface area contributed by atoms with Crippen molar-refractivity contribution in [2.24, 2.45) is 5.41 Å². The molecule has 0 aromatic carbocycles. The lowest BCUT2D eigenvalue weighted by molar-refractivity contribution is -0.130. The summed E-state index contributed by atoms with van der Waals surface area (Å²) in [4.78, 5) is 31.9. The Kier molecular flexibility index (Phi) is 6.14. The van der Waals surface area contributed by atoms with Gasteiger partial charge in [0.25, 0.3) is 0 Å². The zero-order chi connectivity index (χ0) is 18.6. The van der Waals surface area contributed by atoms with E-state index in [1.54, 1.807) is 0 Å². The molecule has 1 aromatic heterocycles. The fourth-order valence-corrected chi connectivity index (χ4v) is 3.06. The van der Waals surface area contributed by atoms with Crippen LogP contribution >= 0.6 is 0 Å². The second-order valence-corrected chi connectivity index (χ2v) is 8.22. The molecule has 1 fully saturated rings. The minimum atomic E-state index is -0.0265. The molecular formula is C19H32N4O2. The van der Waals surface area contributed by atoms with Gasteiger partial charge in [-0.1, -0.05) is 20.8 Å². The van der Waals surface area contributed by atoms with Gasteiger partial charge in [0, 0.05) is 44.1 Å². The van der Waals surface area contributed by atoms with Crippen LogP contribution in [0.1, 0.15) is 44.1 Å². The first kappa shape index (κ1) is 19.3. The third kappa shape index (κ3) is 5.80. The van der Waals surface area contributed by atoms with Crippen molar-refractivity contribution in [3.8, 4) is 0 Å². The van der Waals surface area contributed by atoms with Crippen LogP contribution in [0.2, 0.25) is 0 Å². The Morgan fingerprint density at radius 1 is 1.12 bits per heavy atom. The van der Waals surface area contributed by atoms with Crippen molar-refractivity contribution in [3.05, 3.63) is 23.0 Å². The summed E-state index contributed by atoms with van der Waals surface area (Å²) in [6.45, 7) is 13.5. The Balaban J connectivity index is 1.87. The highest BCUT2D eigenvalue weighted by atomic mass is 16.2. The minimum Gasteiger partial charge on any atom is -0.362 e. The van der Waals surface area contributed by atoms with E-state index in [2.05, 4.69) is 31.1 Å². The van der Waals surface area contributed by atoms with Crippen LogP contribution in [0.15, 0.2) is 6.07 Å². The summed E-state index contributed by atoms with van der Waals surface area (Å²) < 4.78 is 0. The van der Waals surface area contributed by atoms with Crippen molar-refractivity contribution < 1.29 is 9.59 Å². The van der Waals surface area contributed by atoms with Crippen LogP contribution in [0.3, 0.4) is 0 Å². The number of carbonyl (C=O) groups is 2. The van der Waals surface area contributed by atoms with E-state index in [1.807, 2.05) is 29.7 Å². The van der Waals surface area contributed by atoms with Gasteiger partial charge in [0.15, 0.2) is 0 Å². The fourth-order valence-electron chi connectivity index (χ4n) is 3.06. The minimum absolute atomic E-state index is 0.0265. The van der Waals surface area contributed by atoms with Gasteiger partial charge in [0.05, 0.1) is 6.42 Å². The summed E-state index contributed by atoms with van der Waals surface area (Å²) in [5, 5.41) is 2.99. The smallest absolute Gasteiger partial charge is 0.317 e. The molecule has 25 heavy (non-hydrogen) atoms. The highest BCUT2D eigenvalue weighted by Crippen LogP contribution is 2.13. The van der Waals surface area contributed by atoms with E-state index in [9.17, 15) is 9.59 Å². The molecule has 0 atom stereocenters. The molecule has 1 aliphatic heterocycles. The van der Waals surface area contributed by atoms with Crippen molar-refractivity contribution in [2.75, 3.05) is 32.7 Å². The summed E-state index contributed by atoms with van der Waals surface area (Å²) in [5.74, 6) is 0.138. The second-order valence-electron chi connectivity index (χ2n) is 8.22. The average Bonchev–Trinajstić information content (AvgIpc) is 2.73. The first-order valence-corrected chi connectivity index (χ1v) is 9.11. The van der Waals surface area contributed by atoms with Crippen LogP contribution in [0, 0.1) is 19.3 Å². The van der Waals surface area contributed by atoms with Crippen molar-refractivity contribution in [1.82, 2.24) is 20.1 Å². The van der Waals surface area contributed by atoms with E-state index >= 15 is 0 Å². The maximum Gasteiger partial charge on any atom is 0.317 e. The lowest BCUT2D eigenvalue weighted by Crippen LogP contribution is -2.45. The molecule has 0 aliphatic carbocycles. The molecule has 0 unspecified atom stereocenters. The van der Waals surface area contributed by atoms with Gasteiger partial charge in [-0.05, 0) is 37.3 Å². The molecule has 0 radical (unpaired) electrons. The zero-order valence-electron chi connectivity index (χ0n) is 16.2. The van der Waals surface area contributed by atoms with E-state index in [4.69, 9.17) is 0 Å². The van der Waals surface area contributed by atoms with E-state index in [-0.39, 0.29) is 17.4 Å². The van der Waals surface area contributed by atoms with E-state index < -0.39 is 0 Å². The number of aromatic amines is 1. The number of urea groups is 1. The second kappa shape index (κ2) is 7.93. The van der Waals surface area contributed by atoms with E-state index in [1.165, 1.54) is 0 Å². The van der Waals surface area contributed by atoms with Crippen LogP contribution in [-0.4, -0.2) is 59.4 Å². The normalized spacial score (nSPS) is 15.9. The van der Waals surface area contributed by atoms with Gasteiger partial charge in [0.2, 0.25) is 5.91 Å². The lowest BCUT2D eigenvalue weighted by atomic mass is 9.97. The molecule has 6 nitrogen and oxygen atoms in total. The molecule has 1 aliphatic rings. The molecule has 2 heterocycles. The van der Waals surface area contributed by atoms with Crippen molar-refractivity contribution in [3.63, 3.8) is 0 Å². The highest BCUT2D eigenvalue weighted by molar-refractivity contribution is 5.79. The van der Waals surface area contributed by atoms with Crippen LogP contribution in [-0.2, 0) is 11.2 Å². The molecule has 0 spiro atoms. The summed E-state index contributed by atoms with van der Waals surface area (Å²) in [6.07, 6.45) is 1.24. The van der Waals surface area contributed by atoms with Crippen LogP contribution in [0.4, 0.5) is 4.79 Å². The third-order valence-corrected chi connectivity index (χ3v) is 4.50. The summed E-state index contributed by atoms with van der Waals surface area (Å²) in [6, 6.07) is 2.01. The van der Waals surface area contributed by atoms with Gasteiger partial charge < -0.3 is 20.1 Å². The van der Waals surface area contributed by atoms with Crippen molar-refractivity contribution >= 4 is 11.9 Å². The van der Waals surface area contributed by atoms with Gasteiger partial charge in [-0.25, -0.2) is 4.79 Å². The Labute approximate surface area is 151 Å². The third-order valence-electron chi connectivity index (χ3n) is 4.50. The monoisotopic (exact) mass is 348 g/mol. The van der Waals surface area contributed by atoms with Gasteiger partial charge in [-0.2, -0.15) is 0 Å². The lowest BCUT2D eigenvalue weighted by Gasteiger charge is -2.25. The van der Waals surface area contributed by atoms with Crippen LogP contribution in [0.5, 0.6) is 0 Å². The predicted molar refractivity (Wildman–Crippen MR) is 99.6 cm³/mol. The zero-order valence-corrected chi connectivity index (χ0v) is 16.2. The number of carbonyl (C=O) groups excluding carboxylic acids is 2. The number of aromatic nitrogens is 1. The number of aryl methyl sites for hydroxylation is 2. The number of amides is 3. The molecule has 3 amide bonds. The van der Waals surface area contributed by atoms with Crippen molar-refractivity contribution in [2.45, 2.75) is 47.5 Å². The molecule has 2 rings (SSSR count). The molecule has 1 aromatic rings. The maximum absolute atomic E-state index is 12.6. The van der Waals surface area contributed by atoms with Gasteiger partial charge in [-0.3, -0.25) is 4.79 Å². The Morgan fingerprint density at radius 2 is 1.76 bits per heavy atom. The summed E-state index contributed by atoms with van der Waals surface area (Å²) in [5.41, 5.74) is 3.27. The number of nitrogens with one attached hydrogen (secondary N) is 2. The molecule has 2 N–H and O–H groups in total. The van der Waals surface area contributed by atoms with Gasteiger partial charge in [0.1, 0.15) is 0 Å². The molecular weight excluding hydrogens is 316 g/mol. The SMILES string of the molecule is Cc1cc(CC(=O)N2CCCN(C(=O)NCC(C)(C)C)CC2)c(C)[nH]1. The van der Waals surface area contributed by atoms with E-state index in [0.717, 1.165) is 23.4 Å². The van der Waals surface area contributed by atoms with Crippen LogP contribution in [0.25, 0.3) is 0 Å².